The largest absolute Gasteiger partial charge is 0.469 e. The van der Waals surface area contributed by atoms with Gasteiger partial charge in [0.15, 0.2) is 5.76 Å². The van der Waals surface area contributed by atoms with E-state index in [-0.39, 0.29) is 12.4 Å². The summed E-state index contributed by atoms with van der Waals surface area (Å²) in [5.41, 5.74) is 5.05. The fourth-order valence-corrected chi connectivity index (χ4v) is 3.76. The Morgan fingerprint density at radius 2 is 2.17 bits per heavy atom. The number of oxime groups is 1. The molecule has 3 aliphatic rings. The van der Waals surface area contributed by atoms with Crippen LogP contribution in [0.3, 0.4) is 0 Å². The topological polar surface area (TPSA) is 60.4 Å². The molecule has 0 fully saturated rings. The van der Waals surface area contributed by atoms with Crippen molar-refractivity contribution in [2.45, 2.75) is 44.9 Å². The lowest BCUT2D eigenvalue weighted by atomic mass is 10.1. The summed E-state index contributed by atoms with van der Waals surface area (Å²) in [5, 5.41) is 4.22. The highest BCUT2D eigenvalue weighted by atomic mass is 16.6. The van der Waals surface area contributed by atoms with Gasteiger partial charge in [-0.3, -0.25) is 4.79 Å². The van der Waals surface area contributed by atoms with Crippen molar-refractivity contribution in [3.63, 3.8) is 0 Å². The third-order valence-corrected chi connectivity index (χ3v) is 5.45. The summed E-state index contributed by atoms with van der Waals surface area (Å²) in [6, 6.07) is 0. The maximum absolute atomic E-state index is 11.0. The molecular formula is C24H32N2O4. The van der Waals surface area contributed by atoms with Gasteiger partial charge >= 0.3 is 5.97 Å². The van der Waals surface area contributed by atoms with Gasteiger partial charge in [0.05, 0.1) is 25.8 Å². The smallest absolute Gasteiger partial charge is 0.307 e. The van der Waals surface area contributed by atoms with Gasteiger partial charge in [-0.2, -0.15) is 0 Å². The quantitative estimate of drug-likeness (QED) is 0.371. The molecule has 0 radical (unpaired) electrons. The molecular weight excluding hydrogens is 380 g/mol. The first-order valence-corrected chi connectivity index (χ1v) is 10.7. The molecule has 0 saturated carbocycles. The molecule has 0 bridgehead atoms. The van der Waals surface area contributed by atoms with Crippen LogP contribution in [-0.2, 0) is 19.1 Å². The molecule has 6 heteroatoms. The van der Waals surface area contributed by atoms with E-state index >= 15 is 0 Å². The van der Waals surface area contributed by atoms with Crippen LogP contribution >= 0.6 is 0 Å². The number of carbonyl (C=O) groups is 1. The van der Waals surface area contributed by atoms with Gasteiger partial charge in [0.2, 0.25) is 0 Å². The van der Waals surface area contributed by atoms with Crippen LogP contribution in [0.25, 0.3) is 0 Å². The first-order valence-electron chi connectivity index (χ1n) is 10.7. The molecule has 0 unspecified atom stereocenters. The van der Waals surface area contributed by atoms with E-state index in [1.54, 1.807) is 0 Å². The highest BCUT2D eigenvalue weighted by Gasteiger charge is 2.23. The zero-order chi connectivity index (χ0) is 21.2. The van der Waals surface area contributed by atoms with E-state index in [0.29, 0.717) is 19.0 Å². The Morgan fingerprint density at radius 3 is 2.97 bits per heavy atom. The van der Waals surface area contributed by atoms with Gasteiger partial charge in [0, 0.05) is 31.6 Å². The Balaban J connectivity index is 1.27. The molecule has 0 amide bonds. The average Bonchev–Trinajstić information content (AvgIpc) is 2.93. The Kier molecular flexibility index (Phi) is 8.51. The Morgan fingerprint density at radius 1 is 1.27 bits per heavy atom. The van der Waals surface area contributed by atoms with Gasteiger partial charge in [-0.15, -0.1) is 0 Å². The van der Waals surface area contributed by atoms with Gasteiger partial charge in [-0.25, -0.2) is 0 Å². The molecule has 0 aromatic carbocycles. The standard InChI is InChI=1S/C24H32N2O4/c1-19-17-26(23-11-7-3-6-10-22(19)23)15-8-4-5-9-20-12-13-21(30-25-20)18-29-16-14-24(27)28-2/h3,6-7,10,13H,1,4-5,8-9,11-12,14-18H2,2H3. The zero-order valence-corrected chi connectivity index (χ0v) is 17.9. The minimum atomic E-state index is -0.274. The minimum absolute atomic E-state index is 0.246. The number of allylic oxidation sites excluding steroid dienone is 5. The van der Waals surface area contributed by atoms with Crippen molar-refractivity contribution >= 4 is 11.7 Å². The maximum atomic E-state index is 11.0. The zero-order valence-electron chi connectivity index (χ0n) is 17.9. The number of esters is 1. The predicted octanol–water partition coefficient (Wildman–Crippen LogP) is 4.43. The van der Waals surface area contributed by atoms with Crippen molar-refractivity contribution in [3.8, 4) is 0 Å². The van der Waals surface area contributed by atoms with Gasteiger partial charge in [0.25, 0.3) is 0 Å². The molecule has 0 atom stereocenters. The van der Waals surface area contributed by atoms with Crippen LogP contribution in [-0.4, -0.2) is 50.0 Å². The molecule has 0 aromatic heterocycles. The predicted molar refractivity (Wildman–Crippen MR) is 118 cm³/mol. The van der Waals surface area contributed by atoms with E-state index in [1.165, 1.54) is 36.8 Å². The van der Waals surface area contributed by atoms with Crippen LogP contribution in [0.1, 0.15) is 44.9 Å². The van der Waals surface area contributed by atoms with Crippen molar-refractivity contribution in [1.82, 2.24) is 4.90 Å². The first kappa shape index (κ1) is 22.1. The summed E-state index contributed by atoms with van der Waals surface area (Å²) in [4.78, 5) is 18.9. The van der Waals surface area contributed by atoms with Gasteiger partial charge in [-0.1, -0.05) is 42.5 Å². The van der Waals surface area contributed by atoms with E-state index in [0.717, 1.165) is 44.5 Å². The first-order chi connectivity index (χ1) is 14.7. The van der Waals surface area contributed by atoms with Crippen LogP contribution in [0, 0.1) is 0 Å². The van der Waals surface area contributed by atoms with Crippen LogP contribution < -0.4 is 0 Å². The lowest BCUT2D eigenvalue weighted by Gasteiger charge is -2.21. The van der Waals surface area contributed by atoms with Gasteiger partial charge in [0.1, 0.15) is 6.61 Å². The van der Waals surface area contributed by atoms with Crippen molar-refractivity contribution in [1.29, 1.82) is 0 Å². The second-order valence-electron chi connectivity index (χ2n) is 7.69. The highest BCUT2D eigenvalue weighted by molar-refractivity contribution is 5.85. The third kappa shape index (κ3) is 6.46. The number of unbranched alkanes of at least 4 members (excludes halogenated alkanes) is 2. The van der Waals surface area contributed by atoms with Crippen LogP contribution in [0.2, 0.25) is 0 Å². The molecule has 2 aliphatic heterocycles. The van der Waals surface area contributed by atoms with Crippen LogP contribution in [0.15, 0.2) is 64.7 Å². The Labute approximate surface area is 179 Å². The van der Waals surface area contributed by atoms with E-state index in [4.69, 9.17) is 9.57 Å². The molecule has 30 heavy (non-hydrogen) atoms. The highest BCUT2D eigenvalue weighted by Crippen LogP contribution is 2.31. The number of nitrogens with zero attached hydrogens (tertiary/aromatic N) is 2. The van der Waals surface area contributed by atoms with Crippen LogP contribution in [0.4, 0.5) is 0 Å². The lowest BCUT2D eigenvalue weighted by Crippen LogP contribution is -2.21. The summed E-state index contributed by atoms with van der Waals surface area (Å²) in [6.45, 7) is 6.92. The number of hydrogen-bond acceptors (Lipinski definition) is 6. The van der Waals surface area contributed by atoms with Crippen molar-refractivity contribution in [2.24, 2.45) is 5.16 Å². The maximum Gasteiger partial charge on any atom is 0.307 e. The molecule has 6 nitrogen and oxygen atoms in total. The van der Waals surface area contributed by atoms with Crippen molar-refractivity contribution < 1.29 is 19.1 Å². The van der Waals surface area contributed by atoms with E-state index in [2.05, 4.69) is 45.7 Å². The Bertz CT molecular complexity index is 789. The number of methoxy groups -OCH3 is 1. The summed E-state index contributed by atoms with van der Waals surface area (Å²) in [6.07, 6.45) is 17.1. The summed E-state index contributed by atoms with van der Waals surface area (Å²) >= 11 is 0. The molecule has 162 valence electrons. The third-order valence-electron chi connectivity index (χ3n) is 5.45. The van der Waals surface area contributed by atoms with Crippen LogP contribution in [0.5, 0.6) is 0 Å². The number of carbonyl (C=O) groups excluding carboxylic acids is 1. The van der Waals surface area contributed by atoms with Gasteiger partial charge < -0.3 is 19.2 Å². The van der Waals surface area contributed by atoms with Crippen molar-refractivity contribution in [2.75, 3.05) is 33.4 Å². The summed E-state index contributed by atoms with van der Waals surface area (Å²) < 4.78 is 9.98. The van der Waals surface area contributed by atoms with E-state index in [9.17, 15) is 4.79 Å². The molecule has 3 rings (SSSR count). The Hall–Kier alpha value is -2.60. The molecule has 0 N–H and O–H groups in total. The van der Waals surface area contributed by atoms with E-state index < -0.39 is 0 Å². The van der Waals surface area contributed by atoms with Gasteiger partial charge in [-0.05, 0) is 36.5 Å². The fraction of sp³-hybridized carbons (Fsp3) is 0.500. The molecule has 1 aliphatic carbocycles. The molecule has 2 heterocycles. The number of hydrogen-bond donors (Lipinski definition) is 0. The monoisotopic (exact) mass is 412 g/mol. The average molecular weight is 413 g/mol. The number of ether oxygens (including phenoxy) is 2. The summed E-state index contributed by atoms with van der Waals surface area (Å²) in [7, 11) is 1.37. The van der Waals surface area contributed by atoms with Crippen molar-refractivity contribution in [3.05, 3.63) is 59.6 Å². The van der Waals surface area contributed by atoms with E-state index in [1.807, 2.05) is 6.08 Å². The summed E-state index contributed by atoms with van der Waals surface area (Å²) in [5.74, 6) is 0.428. The second-order valence-corrected chi connectivity index (χ2v) is 7.69. The molecule has 0 spiro atoms. The fourth-order valence-electron chi connectivity index (χ4n) is 3.76. The normalized spacial score (nSPS) is 18.0. The molecule has 0 saturated heterocycles. The lowest BCUT2D eigenvalue weighted by molar-refractivity contribution is -0.141. The second kappa shape index (κ2) is 11.6. The SMILES string of the molecule is C=C1CN(CCCCCC2=NOC(COCCC(=O)OC)=CC2)C2=C1C=CC=CC2. The minimum Gasteiger partial charge on any atom is -0.469 e. The molecule has 0 aromatic rings. The number of rotatable bonds is 11.